The molecule has 1 spiro atoms. The molecule has 114 valence electrons. The Balaban J connectivity index is 1.78. The highest BCUT2D eigenvalue weighted by molar-refractivity contribution is 7.99. The van der Waals surface area contributed by atoms with E-state index in [0.29, 0.717) is 5.92 Å². The molecule has 0 amide bonds. The van der Waals surface area contributed by atoms with Crippen LogP contribution in [0.5, 0.6) is 0 Å². The van der Waals surface area contributed by atoms with Gasteiger partial charge in [0.05, 0.1) is 11.0 Å². The zero-order chi connectivity index (χ0) is 14.1. The second kappa shape index (κ2) is 5.88. The highest BCUT2D eigenvalue weighted by atomic mass is 32.2. The predicted octanol–water partition coefficient (Wildman–Crippen LogP) is 3.71. The Hall–Kier alpha value is -0.220. The first-order chi connectivity index (χ1) is 9.67. The molecular formula is C16H26O3S. The molecule has 1 aliphatic carbocycles. The molecule has 1 atom stereocenters. The lowest BCUT2D eigenvalue weighted by Crippen LogP contribution is -2.50. The molecule has 1 unspecified atom stereocenters. The third-order valence-corrected chi connectivity index (χ3v) is 6.84. The summed E-state index contributed by atoms with van der Waals surface area (Å²) in [5, 5.41) is 9.88. The summed E-state index contributed by atoms with van der Waals surface area (Å²) < 4.78 is 6.15. The summed E-state index contributed by atoms with van der Waals surface area (Å²) in [5.74, 6) is 2.14. The number of ether oxygens (including phenoxy) is 1. The quantitative estimate of drug-likeness (QED) is 0.844. The van der Waals surface area contributed by atoms with Crippen LogP contribution >= 0.6 is 11.8 Å². The number of rotatable bonds is 2. The van der Waals surface area contributed by atoms with Gasteiger partial charge in [0.25, 0.3) is 0 Å². The molecule has 3 nitrogen and oxygen atoms in total. The normalized spacial score (nSPS) is 32.9. The fourth-order valence-corrected chi connectivity index (χ4v) is 5.81. The molecule has 4 heteroatoms. The number of thioether (sulfide) groups is 1. The van der Waals surface area contributed by atoms with Crippen LogP contribution in [0, 0.1) is 11.3 Å². The predicted molar refractivity (Wildman–Crippen MR) is 81.1 cm³/mol. The van der Waals surface area contributed by atoms with Crippen LogP contribution in [0.1, 0.15) is 57.8 Å². The van der Waals surface area contributed by atoms with E-state index in [-0.39, 0.29) is 5.60 Å². The first-order valence-corrected chi connectivity index (χ1v) is 9.28. The van der Waals surface area contributed by atoms with Gasteiger partial charge >= 0.3 is 5.97 Å². The van der Waals surface area contributed by atoms with Gasteiger partial charge in [-0.3, -0.25) is 4.79 Å². The van der Waals surface area contributed by atoms with Gasteiger partial charge in [-0.1, -0.05) is 19.3 Å². The summed E-state index contributed by atoms with van der Waals surface area (Å²) in [6.07, 6.45) is 9.32. The molecule has 0 radical (unpaired) electrons. The van der Waals surface area contributed by atoms with Crippen LogP contribution in [0.4, 0.5) is 0 Å². The van der Waals surface area contributed by atoms with E-state index < -0.39 is 11.4 Å². The highest BCUT2D eigenvalue weighted by Gasteiger charge is 2.51. The molecule has 0 aromatic rings. The summed E-state index contributed by atoms with van der Waals surface area (Å²) in [4.78, 5) is 12.0. The standard InChI is InChI=1S/C16H26O3S/c17-14(18)16(5-2-1-3-6-16)13-4-9-19-15(12-13)7-10-20-11-8-15/h13H,1-12H2,(H,17,18). The van der Waals surface area contributed by atoms with E-state index in [0.717, 1.165) is 58.0 Å². The Bertz CT molecular complexity index is 351. The smallest absolute Gasteiger partial charge is 0.309 e. The van der Waals surface area contributed by atoms with Gasteiger partial charge in [-0.05, 0) is 55.9 Å². The Morgan fingerprint density at radius 3 is 2.45 bits per heavy atom. The number of carboxylic acid groups (broad SMARTS) is 1. The maximum Gasteiger partial charge on any atom is 0.309 e. The molecule has 3 fully saturated rings. The fraction of sp³-hybridized carbons (Fsp3) is 0.938. The molecule has 0 bridgehead atoms. The second-order valence-electron chi connectivity index (χ2n) is 6.86. The largest absolute Gasteiger partial charge is 0.481 e. The van der Waals surface area contributed by atoms with E-state index in [1.54, 1.807) is 0 Å². The molecule has 2 aliphatic heterocycles. The molecule has 20 heavy (non-hydrogen) atoms. The molecule has 0 aromatic carbocycles. The van der Waals surface area contributed by atoms with Crippen molar-refractivity contribution >= 4 is 17.7 Å². The molecule has 3 rings (SSSR count). The average molecular weight is 298 g/mol. The van der Waals surface area contributed by atoms with E-state index in [1.165, 1.54) is 17.9 Å². The Labute approximate surface area is 125 Å². The molecule has 1 saturated carbocycles. The van der Waals surface area contributed by atoms with Crippen molar-refractivity contribution in [1.82, 2.24) is 0 Å². The van der Waals surface area contributed by atoms with E-state index in [9.17, 15) is 9.90 Å². The molecule has 3 aliphatic rings. The first-order valence-electron chi connectivity index (χ1n) is 8.12. The number of hydrogen-bond acceptors (Lipinski definition) is 3. The average Bonchev–Trinajstić information content (AvgIpc) is 2.48. The monoisotopic (exact) mass is 298 g/mol. The third kappa shape index (κ3) is 2.61. The SMILES string of the molecule is O=C(O)C1(C2CCOC3(CCSCC3)C2)CCCCC1. The summed E-state index contributed by atoms with van der Waals surface area (Å²) in [7, 11) is 0. The van der Waals surface area contributed by atoms with Crippen LogP contribution in [0.2, 0.25) is 0 Å². The van der Waals surface area contributed by atoms with Crippen LogP contribution in [0.25, 0.3) is 0 Å². The van der Waals surface area contributed by atoms with E-state index >= 15 is 0 Å². The molecule has 0 aromatic heterocycles. The van der Waals surface area contributed by atoms with Crippen molar-refractivity contribution in [2.45, 2.75) is 63.4 Å². The number of carboxylic acids is 1. The topological polar surface area (TPSA) is 46.5 Å². The minimum absolute atomic E-state index is 0.00800. The minimum atomic E-state index is -0.538. The zero-order valence-corrected chi connectivity index (χ0v) is 13.1. The van der Waals surface area contributed by atoms with Gasteiger partial charge in [-0.25, -0.2) is 0 Å². The maximum absolute atomic E-state index is 12.0. The van der Waals surface area contributed by atoms with Gasteiger partial charge in [0, 0.05) is 6.61 Å². The number of carbonyl (C=O) groups is 1. The molecule has 2 heterocycles. The maximum atomic E-state index is 12.0. The Morgan fingerprint density at radius 1 is 1.10 bits per heavy atom. The van der Waals surface area contributed by atoms with E-state index in [2.05, 4.69) is 0 Å². The Morgan fingerprint density at radius 2 is 1.80 bits per heavy atom. The number of aliphatic carboxylic acids is 1. The van der Waals surface area contributed by atoms with Gasteiger partial charge in [-0.15, -0.1) is 0 Å². The van der Waals surface area contributed by atoms with Crippen LogP contribution in [0.15, 0.2) is 0 Å². The summed E-state index contributed by atoms with van der Waals surface area (Å²) >= 11 is 2.01. The Kier molecular flexibility index (Phi) is 4.32. The van der Waals surface area contributed by atoms with Crippen molar-refractivity contribution < 1.29 is 14.6 Å². The van der Waals surface area contributed by atoms with Gasteiger partial charge < -0.3 is 9.84 Å². The van der Waals surface area contributed by atoms with Crippen LogP contribution in [-0.4, -0.2) is 34.8 Å². The highest BCUT2D eigenvalue weighted by Crippen LogP contribution is 2.51. The van der Waals surface area contributed by atoms with Gasteiger partial charge in [0.15, 0.2) is 0 Å². The van der Waals surface area contributed by atoms with Crippen molar-refractivity contribution in [1.29, 1.82) is 0 Å². The lowest BCUT2D eigenvalue weighted by Gasteiger charge is -2.49. The second-order valence-corrected chi connectivity index (χ2v) is 8.08. The minimum Gasteiger partial charge on any atom is -0.481 e. The van der Waals surface area contributed by atoms with Crippen molar-refractivity contribution in [3.8, 4) is 0 Å². The lowest BCUT2D eigenvalue weighted by atomic mass is 9.61. The van der Waals surface area contributed by atoms with E-state index in [1.807, 2.05) is 11.8 Å². The molecule has 2 saturated heterocycles. The molecule has 1 N–H and O–H groups in total. The van der Waals surface area contributed by atoms with Crippen LogP contribution in [0.3, 0.4) is 0 Å². The van der Waals surface area contributed by atoms with Gasteiger partial charge in [0.1, 0.15) is 0 Å². The zero-order valence-electron chi connectivity index (χ0n) is 12.2. The van der Waals surface area contributed by atoms with Crippen molar-refractivity contribution in [2.75, 3.05) is 18.1 Å². The first kappa shape index (κ1) is 14.7. The van der Waals surface area contributed by atoms with Gasteiger partial charge in [-0.2, -0.15) is 11.8 Å². The van der Waals surface area contributed by atoms with Gasteiger partial charge in [0.2, 0.25) is 0 Å². The van der Waals surface area contributed by atoms with Crippen molar-refractivity contribution in [3.63, 3.8) is 0 Å². The summed E-state index contributed by atoms with van der Waals surface area (Å²) in [6, 6.07) is 0. The van der Waals surface area contributed by atoms with Crippen molar-refractivity contribution in [2.24, 2.45) is 11.3 Å². The van der Waals surface area contributed by atoms with Crippen LogP contribution < -0.4 is 0 Å². The lowest BCUT2D eigenvalue weighted by molar-refractivity contribution is -0.168. The van der Waals surface area contributed by atoms with E-state index in [4.69, 9.17) is 4.74 Å². The summed E-state index contributed by atoms with van der Waals surface area (Å²) in [6.45, 7) is 0.768. The molecular weight excluding hydrogens is 272 g/mol. The van der Waals surface area contributed by atoms with Crippen LogP contribution in [-0.2, 0) is 9.53 Å². The van der Waals surface area contributed by atoms with Crippen molar-refractivity contribution in [3.05, 3.63) is 0 Å². The third-order valence-electron chi connectivity index (χ3n) is 5.85. The summed E-state index contributed by atoms with van der Waals surface area (Å²) in [5.41, 5.74) is -0.437. The number of hydrogen-bond donors (Lipinski definition) is 1. The fourth-order valence-electron chi connectivity index (χ4n) is 4.57.